The van der Waals surface area contributed by atoms with Crippen molar-refractivity contribution in [1.82, 2.24) is 15.5 Å². The van der Waals surface area contributed by atoms with Crippen molar-refractivity contribution in [3.63, 3.8) is 0 Å². The maximum atomic E-state index is 12.9. The smallest absolute Gasteiger partial charge is 0.243 e. The zero-order valence-corrected chi connectivity index (χ0v) is 16.1. The molecular weight excluding hydrogens is 362 g/mol. The molecule has 0 saturated carbocycles. The van der Waals surface area contributed by atoms with Crippen LogP contribution in [0, 0.1) is 0 Å². The molecule has 1 aromatic carbocycles. The second-order valence-electron chi connectivity index (χ2n) is 7.01. The summed E-state index contributed by atoms with van der Waals surface area (Å²) in [6, 6.07) is 9.65. The van der Waals surface area contributed by atoms with E-state index in [2.05, 4.69) is 15.5 Å². The van der Waals surface area contributed by atoms with Crippen molar-refractivity contribution in [2.24, 2.45) is 0 Å². The Morgan fingerprint density at radius 2 is 1.96 bits per heavy atom. The SMILES string of the molecule is C[C@H](NC(=O)[C@H]1CCCN1c1nnc(N2CCCC2=O)s1)c1ccccc1. The Hall–Kier alpha value is -2.48. The zero-order chi connectivity index (χ0) is 18.8. The fourth-order valence-electron chi connectivity index (χ4n) is 3.69. The number of carbonyl (C=O) groups is 2. The Morgan fingerprint density at radius 3 is 2.70 bits per heavy atom. The van der Waals surface area contributed by atoms with Crippen molar-refractivity contribution in [1.29, 1.82) is 0 Å². The van der Waals surface area contributed by atoms with Crippen LogP contribution in [-0.4, -0.2) is 41.1 Å². The molecule has 2 aromatic rings. The van der Waals surface area contributed by atoms with E-state index < -0.39 is 0 Å². The van der Waals surface area contributed by atoms with Crippen LogP contribution in [0.2, 0.25) is 0 Å². The lowest BCUT2D eigenvalue weighted by Crippen LogP contribution is -2.44. The van der Waals surface area contributed by atoms with Gasteiger partial charge in [0.15, 0.2) is 0 Å². The first-order chi connectivity index (χ1) is 13.1. The van der Waals surface area contributed by atoms with Gasteiger partial charge >= 0.3 is 0 Å². The number of carbonyl (C=O) groups excluding carboxylic acids is 2. The van der Waals surface area contributed by atoms with Crippen LogP contribution >= 0.6 is 11.3 Å². The number of hydrogen-bond acceptors (Lipinski definition) is 6. The van der Waals surface area contributed by atoms with Crippen molar-refractivity contribution in [2.75, 3.05) is 22.9 Å². The van der Waals surface area contributed by atoms with E-state index in [4.69, 9.17) is 0 Å². The molecule has 3 heterocycles. The van der Waals surface area contributed by atoms with Crippen LogP contribution in [0.5, 0.6) is 0 Å². The zero-order valence-electron chi connectivity index (χ0n) is 15.3. The molecule has 7 nitrogen and oxygen atoms in total. The number of benzene rings is 1. The summed E-state index contributed by atoms with van der Waals surface area (Å²) in [6.07, 6.45) is 3.17. The summed E-state index contributed by atoms with van der Waals surface area (Å²) in [7, 11) is 0. The minimum atomic E-state index is -0.244. The molecule has 2 saturated heterocycles. The summed E-state index contributed by atoms with van der Waals surface area (Å²) in [5.41, 5.74) is 1.08. The average molecular weight is 385 g/mol. The Balaban J connectivity index is 1.45. The fraction of sp³-hybridized carbons (Fsp3) is 0.474. The summed E-state index contributed by atoms with van der Waals surface area (Å²) in [5.74, 6) is 0.114. The Morgan fingerprint density at radius 1 is 1.19 bits per heavy atom. The number of aromatic nitrogens is 2. The summed E-state index contributed by atoms with van der Waals surface area (Å²) < 4.78 is 0. The minimum absolute atomic E-state index is 0.0119. The largest absolute Gasteiger partial charge is 0.348 e. The van der Waals surface area contributed by atoms with E-state index >= 15 is 0 Å². The third kappa shape index (κ3) is 3.66. The normalized spacial score (nSPS) is 20.9. The number of anilines is 2. The second kappa shape index (κ2) is 7.64. The van der Waals surface area contributed by atoms with Gasteiger partial charge in [0.05, 0.1) is 6.04 Å². The van der Waals surface area contributed by atoms with Gasteiger partial charge < -0.3 is 10.2 Å². The molecule has 0 unspecified atom stereocenters. The van der Waals surface area contributed by atoms with Gasteiger partial charge in [-0.1, -0.05) is 41.7 Å². The van der Waals surface area contributed by atoms with E-state index in [0.717, 1.165) is 36.5 Å². The lowest BCUT2D eigenvalue weighted by atomic mass is 10.1. The van der Waals surface area contributed by atoms with Crippen LogP contribution in [0.15, 0.2) is 30.3 Å². The van der Waals surface area contributed by atoms with Crippen LogP contribution in [0.25, 0.3) is 0 Å². The molecule has 4 rings (SSSR count). The minimum Gasteiger partial charge on any atom is -0.348 e. The Kier molecular flexibility index (Phi) is 5.07. The molecule has 2 aliphatic heterocycles. The maximum Gasteiger partial charge on any atom is 0.243 e. The van der Waals surface area contributed by atoms with Gasteiger partial charge in [0, 0.05) is 19.5 Å². The Bertz CT molecular complexity index is 825. The van der Waals surface area contributed by atoms with Crippen LogP contribution in [-0.2, 0) is 9.59 Å². The summed E-state index contributed by atoms with van der Waals surface area (Å²) in [6.45, 7) is 3.47. The molecular formula is C19H23N5O2S. The van der Waals surface area contributed by atoms with E-state index in [1.165, 1.54) is 11.3 Å². The highest BCUT2D eigenvalue weighted by Gasteiger charge is 2.34. The van der Waals surface area contributed by atoms with Gasteiger partial charge in [-0.3, -0.25) is 14.5 Å². The molecule has 2 fully saturated rings. The topological polar surface area (TPSA) is 78.4 Å². The highest BCUT2D eigenvalue weighted by Crippen LogP contribution is 2.33. The fourth-order valence-corrected chi connectivity index (χ4v) is 4.65. The van der Waals surface area contributed by atoms with Crippen LogP contribution in [0.1, 0.15) is 44.2 Å². The molecule has 0 radical (unpaired) electrons. The van der Waals surface area contributed by atoms with Crippen molar-refractivity contribution in [2.45, 2.75) is 44.7 Å². The van der Waals surface area contributed by atoms with Gasteiger partial charge in [-0.25, -0.2) is 0 Å². The van der Waals surface area contributed by atoms with E-state index in [0.29, 0.717) is 18.1 Å². The van der Waals surface area contributed by atoms with Crippen molar-refractivity contribution in [3.05, 3.63) is 35.9 Å². The molecule has 2 atom stereocenters. The lowest BCUT2D eigenvalue weighted by molar-refractivity contribution is -0.122. The molecule has 0 aliphatic carbocycles. The van der Waals surface area contributed by atoms with Gasteiger partial charge in [0.2, 0.25) is 22.1 Å². The third-order valence-electron chi connectivity index (χ3n) is 5.17. The summed E-state index contributed by atoms with van der Waals surface area (Å²) in [5, 5.41) is 12.9. The van der Waals surface area contributed by atoms with Crippen LogP contribution < -0.4 is 15.1 Å². The van der Waals surface area contributed by atoms with E-state index in [1.807, 2.05) is 42.2 Å². The number of nitrogens with zero attached hydrogens (tertiary/aromatic N) is 4. The van der Waals surface area contributed by atoms with Gasteiger partial charge in [-0.2, -0.15) is 0 Å². The molecule has 8 heteroatoms. The van der Waals surface area contributed by atoms with Crippen molar-refractivity contribution < 1.29 is 9.59 Å². The van der Waals surface area contributed by atoms with Crippen LogP contribution in [0.3, 0.4) is 0 Å². The Labute approximate surface area is 162 Å². The highest BCUT2D eigenvalue weighted by molar-refractivity contribution is 7.19. The van der Waals surface area contributed by atoms with E-state index in [1.54, 1.807) is 4.90 Å². The molecule has 142 valence electrons. The number of hydrogen-bond donors (Lipinski definition) is 1. The second-order valence-corrected chi connectivity index (χ2v) is 7.94. The maximum absolute atomic E-state index is 12.9. The predicted molar refractivity (Wildman–Crippen MR) is 105 cm³/mol. The molecule has 1 aromatic heterocycles. The van der Waals surface area contributed by atoms with E-state index in [-0.39, 0.29) is 23.9 Å². The first-order valence-corrected chi connectivity index (χ1v) is 10.2. The molecule has 2 amide bonds. The quantitative estimate of drug-likeness (QED) is 0.856. The first-order valence-electron chi connectivity index (χ1n) is 9.39. The van der Waals surface area contributed by atoms with Gasteiger partial charge in [0.1, 0.15) is 6.04 Å². The van der Waals surface area contributed by atoms with Crippen molar-refractivity contribution in [3.8, 4) is 0 Å². The average Bonchev–Trinajstić information content (AvgIpc) is 3.41. The standard InChI is InChI=1S/C19H23N5O2S/c1-13(14-7-3-2-4-8-14)20-17(26)15-9-5-11-23(15)18-21-22-19(27-18)24-12-6-10-16(24)25/h2-4,7-8,13,15H,5-6,9-12H2,1H3,(H,20,26)/t13-,15+/m0/s1. The number of rotatable bonds is 5. The molecule has 2 aliphatic rings. The molecule has 27 heavy (non-hydrogen) atoms. The molecule has 0 spiro atoms. The predicted octanol–water partition coefficient (Wildman–Crippen LogP) is 2.51. The van der Waals surface area contributed by atoms with Gasteiger partial charge in [0.25, 0.3) is 0 Å². The van der Waals surface area contributed by atoms with Crippen molar-refractivity contribution >= 4 is 33.4 Å². The first kappa shape index (κ1) is 17.9. The monoisotopic (exact) mass is 385 g/mol. The summed E-state index contributed by atoms with van der Waals surface area (Å²) in [4.78, 5) is 28.5. The molecule has 0 bridgehead atoms. The lowest BCUT2D eigenvalue weighted by Gasteiger charge is -2.24. The van der Waals surface area contributed by atoms with Crippen LogP contribution in [0.4, 0.5) is 10.3 Å². The third-order valence-corrected chi connectivity index (χ3v) is 6.15. The highest BCUT2D eigenvalue weighted by atomic mass is 32.1. The summed E-state index contributed by atoms with van der Waals surface area (Å²) >= 11 is 1.40. The molecule has 1 N–H and O–H groups in total. The van der Waals surface area contributed by atoms with Gasteiger partial charge in [-0.05, 0) is 31.7 Å². The number of nitrogens with one attached hydrogen (secondary N) is 1. The van der Waals surface area contributed by atoms with E-state index in [9.17, 15) is 9.59 Å². The van der Waals surface area contributed by atoms with Gasteiger partial charge in [-0.15, -0.1) is 10.2 Å². The number of amides is 2.